The number of aromatic nitrogens is 3. The standard InChI is InChI=1S/C12H22N6O2/c1-3-9(8-19)14-11-15-10(13-2)16-12(17-11)18-4-6-20-7-5-18/h9,19H,3-8H2,1-2H3,(H2,13,14,15,16,17). The average Bonchev–Trinajstić information content (AvgIpc) is 2.53. The van der Waals surface area contributed by atoms with Crippen LogP contribution in [0, 0.1) is 0 Å². The summed E-state index contributed by atoms with van der Waals surface area (Å²) < 4.78 is 5.33. The number of hydrogen-bond acceptors (Lipinski definition) is 8. The number of morpholine rings is 1. The van der Waals surface area contributed by atoms with E-state index in [1.165, 1.54) is 0 Å². The number of anilines is 3. The van der Waals surface area contributed by atoms with Gasteiger partial charge in [0, 0.05) is 20.1 Å². The van der Waals surface area contributed by atoms with E-state index in [1.807, 2.05) is 6.92 Å². The minimum atomic E-state index is -0.0559. The molecule has 0 aliphatic carbocycles. The summed E-state index contributed by atoms with van der Waals surface area (Å²) >= 11 is 0. The number of rotatable bonds is 6. The Morgan fingerprint density at radius 1 is 1.25 bits per heavy atom. The van der Waals surface area contributed by atoms with Crippen LogP contribution in [-0.2, 0) is 4.74 Å². The summed E-state index contributed by atoms with van der Waals surface area (Å²) in [5, 5.41) is 15.3. The fourth-order valence-corrected chi connectivity index (χ4v) is 1.91. The molecule has 0 radical (unpaired) electrons. The van der Waals surface area contributed by atoms with E-state index in [0.717, 1.165) is 19.5 Å². The Morgan fingerprint density at radius 2 is 1.95 bits per heavy atom. The highest BCUT2D eigenvalue weighted by molar-refractivity contribution is 5.44. The average molecular weight is 282 g/mol. The first-order chi connectivity index (χ1) is 9.76. The van der Waals surface area contributed by atoms with Crippen molar-refractivity contribution in [2.45, 2.75) is 19.4 Å². The van der Waals surface area contributed by atoms with Crippen LogP contribution in [0.5, 0.6) is 0 Å². The molecule has 1 unspecified atom stereocenters. The molecule has 0 saturated carbocycles. The van der Waals surface area contributed by atoms with E-state index in [9.17, 15) is 5.11 Å². The van der Waals surface area contributed by atoms with Gasteiger partial charge in [0.1, 0.15) is 0 Å². The minimum absolute atomic E-state index is 0.0456. The third-order valence-corrected chi connectivity index (χ3v) is 3.19. The second kappa shape index (κ2) is 7.20. The summed E-state index contributed by atoms with van der Waals surface area (Å²) in [5.74, 6) is 1.62. The SMILES string of the molecule is CCC(CO)Nc1nc(NC)nc(N2CCOCC2)n1. The zero-order valence-corrected chi connectivity index (χ0v) is 12.0. The number of hydrogen-bond donors (Lipinski definition) is 3. The van der Waals surface area contributed by atoms with Crippen molar-refractivity contribution in [1.29, 1.82) is 0 Å². The van der Waals surface area contributed by atoms with Gasteiger partial charge in [-0.15, -0.1) is 0 Å². The predicted molar refractivity (Wildman–Crippen MR) is 77.2 cm³/mol. The van der Waals surface area contributed by atoms with E-state index in [1.54, 1.807) is 7.05 Å². The Bertz CT molecular complexity index is 420. The maximum Gasteiger partial charge on any atom is 0.232 e. The first-order valence-electron chi connectivity index (χ1n) is 6.90. The second-order valence-corrected chi connectivity index (χ2v) is 4.56. The molecule has 1 aromatic rings. The third kappa shape index (κ3) is 3.67. The van der Waals surface area contributed by atoms with Crippen LogP contribution in [0.25, 0.3) is 0 Å². The summed E-state index contributed by atoms with van der Waals surface area (Å²) in [5.41, 5.74) is 0. The molecule has 1 atom stereocenters. The molecule has 0 bridgehead atoms. The Hall–Kier alpha value is -1.67. The molecule has 3 N–H and O–H groups in total. The van der Waals surface area contributed by atoms with Gasteiger partial charge in [0.2, 0.25) is 17.8 Å². The molecule has 1 aliphatic rings. The Morgan fingerprint density at radius 3 is 2.55 bits per heavy atom. The highest BCUT2D eigenvalue weighted by Gasteiger charge is 2.17. The molecule has 1 fully saturated rings. The summed E-state index contributed by atoms with van der Waals surface area (Å²) in [6.45, 7) is 4.93. The lowest BCUT2D eigenvalue weighted by molar-refractivity contribution is 0.122. The van der Waals surface area contributed by atoms with Gasteiger partial charge < -0.3 is 25.4 Å². The summed E-state index contributed by atoms with van der Waals surface area (Å²) in [7, 11) is 1.77. The minimum Gasteiger partial charge on any atom is -0.394 e. The zero-order valence-electron chi connectivity index (χ0n) is 12.0. The molecule has 112 valence electrons. The van der Waals surface area contributed by atoms with Crippen LogP contribution in [0.15, 0.2) is 0 Å². The third-order valence-electron chi connectivity index (χ3n) is 3.19. The molecular weight excluding hydrogens is 260 g/mol. The maximum absolute atomic E-state index is 9.26. The largest absolute Gasteiger partial charge is 0.394 e. The number of nitrogens with one attached hydrogen (secondary N) is 2. The topological polar surface area (TPSA) is 95.4 Å². The van der Waals surface area contributed by atoms with Crippen LogP contribution < -0.4 is 15.5 Å². The number of ether oxygens (including phenoxy) is 1. The first-order valence-corrected chi connectivity index (χ1v) is 6.90. The second-order valence-electron chi connectivity index (χ2n) is 4.56. The monoisotopic (exact) mass is 282 g/mol. The van der Waals surface area contributed by atoms with Gasteiger partial charge in [0.05, 0.1) is 25.9 Å². The molecule has 0 amide bonds. The van der Waals surface area contributed by atoms with Gasteiger partial charge in [-0.1, -0.05) is 6.92 Å². The van der Waals surface area contributed by atoms with Gasteiger partial charge in [0.15, 0.2) is 0 Å². The molecule has 0 aromatic carbocycles. The normalized spacial score (nSPS) is 16.9. The van der Waals surface area contributed by atoms with Gasteiger partial charge in [-0.2, -0.15) is 15.0 Å². The van der Waals surface area contributed by atoms with Gasteiger partial charge in [-0.05, 0) is 6.42 Å². The van der Waals surface area contributed by atoms with E-state index in [4.69, 9.17) is 4.74 Å². The quantitative estimate of drug-likeness (QED) is 0.667. The van der Waals surface area contributed by atoms with Crippen molar-refractivity contribution >= 4 is 17.8 Å². The van der Waals surface area contributed by atoms with Crippen molar-refractivity contribution in [3.05, 3.63) is 0 Å². The lowest BCUT2D eigenvalue weighted by atomic mass is 10.2. The van der Waals surface area contributed by atoms with Crippen LogP contribution in [0.2, 0.25) is 0 Å². The molecule has 0 spiro atoms. The van der Waals surface area contributed by atoms with Crippen LogP contribution >= 0.6 is 0 Å². The van der Waals surface area contributed by atoms with Crippen LogP contribution in [0.4, 0.5) is 17.8 Å². The molecule has 2 heterocycles. The van der Waals surface area contributed by atoms with Gasteiger partial charge in [-0.25, -0.2) is 0 Å². The van der Waals surface area contributed by atoms with Crippen molar-refractivity contribution in [2.24, 2.45) is 0 Å². The van der Waals surface area contributed by atoms with Gasteiger partial charge in [0.25, 0.3) is 0 Å². The van der Waals surface area contributed by atoms with Crippen LogP contribution in [0.1, 0.15) is 13.3 Å². The fourth-order valence-electron chi connectivity index (χ4n) is 1.91. The molecule has 1 aromatic heterocycles. The maximum atomic E-state index is 9.26. The predicted octanol–water partition coefficient (Wildman–Crippen LogP) is -0.0673. The van der Waals surface area contributed by atoms with E-state index in [0.29, 0.717) is 31.1 Å². The van der Waals surface area contributed by atoms with E-state index in [-0.39, 0.29) is 12.6 Å². The van der Waals surface area contributed by atoms with Crippen molar-refractivity contribution in [2.75, 3.05) is 55.5 Å². The fraction of sp³-hybridized carbons (Fsp3) is 0.750. The van der Waals surface area contributed by atoms with E-state index < -0.39 is 0 Å². The van der Waals surface area contributed by atoms with E-state index in [2.05, 4.69) is 30.5 Å². The lowest BCUT2D eigenvalue weighted by Gasteiger charge is -2.27. The summed E-state index contributed by atoms with van der Waals surface area (Å²) in [6, 6.07) is -0.0559. The molecule has 1 saturated heterocycles. The summed E-state index contributed by atoms with van der Waals surface area (Å²) in [6.07, 6.45) is 0.796. The molecule has 20 heavy (non-hydrogen) atoms. The highest BCUT2D eigenvalue weighted by atomic mass is 16.5. The smallest absolute Gasteiger partial charge is 0.232 e. The Balaban J connectivity index is 2.18. The molecule has 2 rings (SSSR count). The molecule has 8 heteroatoms. The summed E-state index contributed by atoms with van der Waals surface area (Å²) in [4.78, 5) is 15.1. The number of aliphatic hydroxyl groups excluding tert-OH is 1. The van der Waals surface area contributed by atoms with Gasteiger partial charge >= 0.3 is 0 Å². The molecule has 8 nitrogen and oxygen atoms in total. The molecular formula is C12H22N6O2. The Kier molecular flexibility index (Phi) is 5.31. The van der Waals surface area contributed by atoms with Crippen molar-refractivity contribution in [3.8, 4) is 0 Å². The van der Waals surface area contributed by atoms with Crippen molar-refractivity contribution in [1.82, 2.24) is 15.0 Å². The van der Waals surface area contributed by atoms with Crippen molar-refractivity contribution in [3.63, 3.8) is 0 Å². The lowest BCUT2D eigenvalue weighted by Crippen LogP contribution is -2.37. The zero-order chi connectivity index (χ0) is 14.4. The first kappa shape index (κ1) is 14.7. The number of aliphatic hydroxyl groups is 1. The molecule has 1 aliphatic heterocycles. The van der Waals surface area contributed by atoms with E-state index >= 15 is 0 Å². The van der Waals surface area contributed by atoms with Crippen molar-refractivity contribution < 1.29 is 9.84 Å². The highest BCUT2D eigenvalue weighted by Crippen LogP contribution is 2.15. The number of nitrogens with zero attached hydrogens (tertiary/aromatic N) is 4. The van der Waals surface area contributed by atoms with Crippen LogP contribution in [0.3, 0.4) is 0 Å². The van der Waals surface area contributed by atoms with Crippen LogP contribution in [-0.4, -0.2) is 66.1 Å². The van der Waals surface area contributed by atoms with Gasteiger partial charge in [-0.3, -0.25) is 0 Å². The Labute approximate surface area is 118 Å².